The normalized spacial score (nSPS) is 12.3. The van der Waals surface area contributed by atoms with Crippen LogP contribution < -0.4 is 16.4 Å². The minimum atomic E-state index is -0.197. The molecule has 1 atom stereocenters. The summed E-state index contributed by atoms with van der Waals surface area (Å²) in [6.45, 7) is 5.74. The highest BCUT2D eigenvalue weighted by Gasteiger charge is 2.04. The van der Waals surface area contributed by atoms with Gasteiger partial charge in [0.2, 0.25) is 0 Å². The zero-order chi connectivity index (χ0) is 12.1. The first-order valence-electron chi connectivity index (χ1n) is 5.42. The van der Waals surface area contributed by atoms with Gasteiger partial charge in [-0.15, -0.1) is 0 Å². The molecule has 1 rings (SSSR count). The molecule has 0 saturated carbocycles. The minimum absolute atomic E-state index is 0.0325. The lowest BCUT2D eigenvalue weighted by molar-refractivity contribution is 0.250. The van der Waals surface area contributed by atoms with Crippen molar-refractivity contribution in [3.8, 4) is 0 Å². The zero-order valence-electron chi connectivity index (χ0n) is 9.95. The Labute approximate surface area is 96.2 Å². The third-order valence-corrected chi connectivity index (χ3v) is 2.09. The fourth-order valence-electron chi connectivity index (χ4n) is 1.33. The lowest BCUT2D eigenvalue weighted by Gasteiger charge is -2.12. The maximum absolute atomic E-state index is 11.5. The molecule has 1 unspecified atom stereocenters. The Kier molecular flexibility index (Phi) is 4.31. The van der Waals surface area contributed by atoms with Crippen LogP contribution in [-0.4, -0.2) is 12.1 Å². The lowest BCUT2D eigenvalue weighted by atomic mass is 10.1. The number of amides is 2. The number of carbonyl (C=O) groups is 1. The van der Waals surface area contributed by atoms with Crippen LogP contribution in [0.1, 0.15) is 32.4 Å². The first kappa shape index (κ1) is 12.5. The van der Waals surface area contributed by atoms with Gasteiger partial charge in [0.1, 0.15) is 0 Å². The molecule has 0 aliphatic heterocycles. The van der Waals surface area contributed by atoms with Gasteiger partial charge in [0.15, 0.2) is 0 Å². The lowest BCUT2D eigenvalue weighted by Crippen LogP contribution is -2.34. The summed E-state index contributed by atoms with van der Waals surface area (Å²) in [5.74, 6) is 0. The molecule has 0 fully saturated rings. The molecule has 0 saturated heterocycles. The monoisotopic (exact) mass is 221 g/mol. The van der Waals surface area contributed by atoms with Crippen molar-refractivity contribution in [1.82, 2.24) is 5.32 Å². The van der Waals surface area contributed by atoms with E-state index in [4.69, 9.17) is 5.73 Å². The van der Waals surface area contributed by atoms with Crippen molar-refractivity contribution < 1.29 is 4.79 Å². The van der Waals surface area contributed by atoms with Gasteiger partial charge >= 0.3 is 6.03 Å². The summed E-state index contributed by atoms with van der Waals surface area (Å²) >= 11 is 0. The van der Waals surface area contributed by atoms with E-state index in [9.17, 15) is 4.79 Å². The van der Waals surface area contributed by atoms with Gasteiger partial charge in [0.05, 0.1) is 0 Å². The number of nitrogens with one attached hydrogen (secondary N) is 2. The largest absolute Gasteiger partial charge is 0.336 e. The van der Waals surface area contributed by atoms with Crippen LogP contribution >= 0.6 is 0 Å². The van der Waals surface area contributed by atoms with Gasteiger partial charge in [-0.05, 0) is 38.5 Å². The molecule has 4 heteroatoms. The number of carbonyl (C=O) groups excluding carboxylic acids is 1. The van der Waals surface area contributed by atoms with Crippen molar-refractivity contribution in [2.24, 2.45) is 5.73 Å². The van der Waals surface area contributed by atoms with E-state index in [0.717, 1.165) is 11.3 Å². The Bertz CT molecular complexity index is 361. The Hall–Kier alpha value is -1.55. The summed E-state index contributed by atoms with van der Waals surface area (Å²) in [5.41, 5.74) is 7.53. The molecule has 1 aromatic rings. The molecule has 88 valence electrons. The highest BCUT2D eigenvalue weighted by molar-refractivity contribution is 5.89. The number of nitrogens with two attached hydrogens (primary N) is 1. The van der Waals surface area contributed by atoms with Crippen LogP contribution in [0.25, 0.3) is 0 Å². The summed E-state index contributed by atoms with van der Waals surface area (Å²) < 4.78 is 0. The highest BCUT2D eigenvalue weighted by atomic mass is 16.2. The first-order valence-corrected chi connectivity index (χ1v) is 5.42. The van der Waals surface area contributed by atoms with E-state index in [2.05, 4.69) is 10.6 Å². The summed E-state index contributed by atoms with van der Waals surface area (Å²) in [7, 11) is 0. The van der Waals surface area contributed by atoms with Gasteiger partial charge in [-0.3, -0.25) is 0 Å². The third-order valence-electron chi connectivity index (χ3n) is 2.09. The standard InChI is InChI=1S/C12H19N3O/c1-8(2)14-12(16)15-11-6-4-5-10(7-11)9(3)13/h4-9H,13H2,1-3H3,(H2,14,15,16). The van der Waals surface area contributed by atoms with Crippen LogP contribution in [0.2, 0.25) is 0 Å². The molecule has 0 heterocycles. The van der Waals surface area contributed by atoms with Crippen molar-refractivity contribution >= 4 is 11.7 Å². The molecule has 4 nitrogen and oxygen atoms in total. The Balaban J connectivity index is 2.67. The van der Waals surface area contributed by atoms with E-state index in [1.807, 2.05) is 45.0 Å². The van der Waals surface area contributed by atoms with Crippen LogP contribution in [0.15, 0.2) is 24.3 Å². The maximum atomic E-state index is 11.5. The van der Waals surface area contributed by atoms with Gasteiger partial charge < -0.3 is 16.4 Å². The van der Waals surface area contributed by atoms with Crippen molar-refractivity contribution in [1.29, 1.82) is 0 Å². The van der Waals surface area contributed by atoms with Gasteiger partial charge in [-0.25, -0.2) is 4.79 Å². The fraction of sp³-hybridized carbons (Fsp3) is 0.417. The average molecular weight is 221 g/mol. The molecular weight excluding hydrogens is 202 g/mol. The second-order valence-electron chi connectivity index (χ2n) is 4.17. The molecular formula is C12H19N3O. The molecule has 16 heavy (non-hydrogen) atoms. The van der Waals surface area contributed by atoms with Gasteiger partial charge in [-0.2, -0.15) is 0 Å². The van der Waals surface area contributed by atoms with Crippen molar-refractivity contribution in [3.63, 3.8) is 0 Å². The number of urea groups is 1. The molecule has 0 bridgehead atoms. The number of anilines is 1. The van der Waals surface area contributed by atoms with Gasteiger partial charge in [0.25, 0.3) is 0 Å². The van der Waals surface area contributed by atoms with E-state index in [1.54, 1.807) is 0 Å². The predicted octanol–water partition coefficient (Wildman–Crippen LogP) is 2.24. The van der Waals surface area contributed by atoms with Crippen LogP contribution in [0, 0.1) is 0 Å². The van der Waals surface area contributed by atoms with Crippen molar-refractivity contribution in [2.45, 2.75) is 32.9 Å². The fourth-order valence-corrected chi connectivity index (χ4v) is 1.33. The Morgan fingerprint density at radius 3 is 2.56 bits per heavy atom. The zero-order valence-corrected chi connectivity index (χ0v) is 9.95. The highest BCUT2D eigenvalue weighted by Crippen LogP contribution is 2.15. The number of benzene rings is 1. The number of rotatable bonds is 3. The second kappa shape index (κ2) is 5.51. The first-order chi connectivity index (χ1) is 7.49. The number of hydrogen-bond acceptors (Lipinski definition) is 2. The summed E-state index contributed by atoms with van der Waals surface area (Å²) in [6.07, 6.45) is 0. The SMILES string of the molecule is CC(C)NC(=O)Nc1cccc(C(C)N)c1. The molecule has 2 amide bonds. The quantitative estimate of drug-likeness (QED) is 0.732. The number of hydrogen-bond donors (Lipinski definition) is 3. The average Bonchev–Trinajstić information content (AvgIpc) is 2.16. The Morgan fingerprint density at radius 2 is 2.00 bits per heavy atom. The molecule has 1 aromatic carbocycles. The van der Waals surface area contributed by atoms with Crippen LogP contribution in [0.3, 0.4) is 0 Å². The van der Waals surface area contributed by atoms with E-state index in [-0.39, 0.29) is 18.1 Å². The Morgan fingerprint density at radius 1 is 1.31 bits per heavy atom. The third kappa shape index (κ3) is 3.90. The van der Waals surface area contributed by atoms with Crippen molar-refractivity contribution in [2.75, 3.05) is 5.32 Å². The summed E-state index contributed by atoms with van der Waals surface area (Å²) in [5, 5.41) is 5.52. The predicted molar refractivity (Wildman–Crippen MR) is 66.3 cm³/mol. The van der Waals surface area contributed by atoms with Crippen molar-refractivity contribution in [3.05, 3.63) is 29.8 Å². The smallest absolute Gasteiger partial charge is 0.319 e. The topological polar surface area (TPSA) is 67.2 Å². The maximum Gasteiger partial charge on any atom is 0.319 e. The molecule has 0 radical (unpaired) electrons. The van der Waals surface area contributed by atoms with Gasteiger partial charge in [-0.1, -0.05) is 12.1 Å². The van der Waals surface area contributed by atoms with Crippen LogP contribution in [0.4, 0.5) is 10.5 Å². The van der Waals surface area contributed by atoms with E-state index >= 15 is 0 Å². The van der Waals surface area contributed by atoms with Crippen LogP contribution in [-0.2, 0) is 0 Å². The molecule has 0 aromatic heterocycles. The molecule has 4 N–H and O–H groups in total. The van der Waals surface area contributed by atoms with E-state index < -0.39 is 0 Å². The summed E-state index contributed by atoms with van der Waals surface area (Å²) in [6, 6.07) is 7.43. The van der Waals surface area contributed by atoms with Gasteiger partial charge in [0, 0.05) is 17.8 Å². The molecule has 0 aliphatic rings. The second-order valence-corrected chi connectivity index (χ2v) is 4.17. The summed E-state index contributed by atoms with van der Waals surface area (Å²) in [4.78, 5) is 11.5. The van der Waals surface area contributed by atoms with Crippen LogP contribution in [0.5, 0.6) is 0 Å². The van der Waals surface area contributed by atoms with E-state index in [0.29, 0.717) is 0 Å². The minimum Gasteiger partial charge on any atom is -0.336 e. The molecule has 0 aliphatic carbocycles. The molecule has 0 spiro atoms. The van der Waals surface area contributed by atoms with E-state index in [1.165, 1.54) is 0 Å².